The van der Waals surface area contributed by atoms with Gasteiger partial charge in [-0.15, -0.1) is 5.11 Å². The second-order valence-corrected chi connectivity index (χ2v) is 10.6. The number of aromatic hydroxyl groups is 1. The Balaban J connectivity index is 2.43. The Morgan fingerprint density at radius 3 is 2.31 bits per heavy atom. The Bertz CT molecular complexity index is 1240. The third-order valence-electron chi connectivity index (χ3n) is 6.12. The fraction of sp³-hybridized carbons (Fsp3) is 0.520. The van der Waals surface area contributed by atoms with E-state index >= 15 is 0 Å². The van der Waals surface area contributed by atoms with Crippen LogP contribution in [0.25, 0.3) is 0 Å². The van der Waals surface area contributed by atoms with E-state index in [-0.39, 0.29) is 34.2 Å². The number of aromatic nitrogens is 1. The molecule has 10 nitrogen and oxygen atoms in total. The molecule has 2 rings (SSSR count). The first kappa shape index (κ1) is 29.2. The summed E-state index contributed by atoms with van der Waals surface area (Å²) in [5.74, 6) is -1.21. The fourth-order valence-electron chi connectivity index (χ4n) is 3.83. The molecule has 1 aromatic heterocycles. The number of primary amides is 1. The van der Waals surface area contributed by atoms with Crippen LogP contribution in [-0.2, 0) is 16.6 Å². The number of benzene rings is 1. The maximum absolute atomic E-state index is 13.3. The third-order valence-corrected chi connectivity index (χ3v) is 7.60. The van der Waals surface area contributed by atoms with E-state index in [2.05, 4.69) is 21.9 Å². The van der Waals surface area contributed by atoms with Gasteiger partial charge in [0.05, 0.1) is 10.6 Å². The second kappa shape index (κ2) is 13.3. The normalized spacial score (nSPS) is 12.8. The van der Waals surface area contributed by atoms with E-state index in [0.29, 0.717) is 12.2 Å². The van der Waals surface area contributed by atoms with Gasteiger partial charge in [-0.25, -0.2) is 13.1 Å². The van der Waals surface area contributed by atoms with Crippen molar-refractivity contribution in [2.45, 2.75) is 77.7 Å². The van der Waals surface area contributed by atoms with Crippen molar-refractivity contribution in [2.24, 2.45) is 21.9 Å². The van der Waals surface area contributed by atoms with Gasteiger partial charge in [-0.3, -0.25) is 14.2 Å². The van der Waals surface area contributed by atoms with Gasteiger partial charge in [0.15, 0.2) is 5.69 Å². The molecule has 36 heavy (non-hydrogen) atoms. The van der Waals surface area contributed by atoms with Crippen LogP contribution in [0.15, 0.2) is 44.2 Å². The molecule has 4 N–H and O–H groups in total. The minimum atomic E-state index is -3.63. The average molecular weight is 520 g/mol. The van der Waals surface area contributed by atoms with Crippen LogP contribution in [0.2, 0.25) is 0 Å². The zero-order valence-corrected chi connectivity index (χ0v) is 22.3. The van der Waals surface area contributed by atoms with E-state index in [0.717, 1.165) is 43.1 Å². The summed E-state index contributed by atoms with van der Waals surface area (Å²) in [6, 6.07) is 5.75. The third kappa shape index (κ3) is 7.23. The number of carbonyl (C=O) groups is 1. The van der Waals surface area contributed by atoms with Crippen molar-refractivity contribution in [1.29, 1.82) is 0 Å². The average Bonchev–Trinajstić information content (AvgIpc) is 2.83. The first-order chi connectivity index (χ1) is 17.1. The molecule has 0 aliphatic heterocycles. The lowest BCUT2D eigenvalue weighted by Gasteiger charge is -2.19. The summed E-state index contributed by atoms with van der Waals surface area (Å²) >= 11 is 0. The van der Waals surface area contributed by atoms with E-state index in [1.54, 1.807) is 0 Å². The van der Waals surface area contributed by atoms with Crippen LogP contribution < -0.4 is 16.0 Å². The van der Waals surface area contributed by atoms with Gasteiger partial charge in [0.25, 0.3) is 11.5 Å². The molecular weight excluding hydrogens is 482 g/mol. The maximum atomic E-state index is 13.3. The van der Waals surface area contributed by atoms with Gasteiger partial charge < -0.3 is 10.8 Å². The summed E-state index contributed by atoms with van der Waals surface area (Å²) in [7, 11) is -3.63. The zero-order chi connectivity index (χ0) is 26.9. The Hall–Kier alpha value is -3.05. The summed E-state index contributed by atoms with van der Waals surface area (Å²) < 4.78 is 28.4. The summed E-state index contributed by atoms with van der Waals surface area (Å²) in [6.45, 7) is 8.12. The first-order valence-corrected chi connectivity index (χ1v) is 13.8. The Labute approximate surface area is 212 Å². The molecule has 1 atom stereocenters. The summed E-state index contributed by atoms with van der Waals surface area (Å²) in [6.07, 6.45) is 5.26. The molecule has 0 spiro atoms. The van der Waals surface area contributed by atoms with Gasteiger partial charge in [0.2, 0.25) is 15.9 Å². The van der Waals surface area contributed by atoms with Gasteiger partial charge in [0.1, 0.15) is 5.56 Å². The molecule has 11 heteroatoms. The van der Waals surface area contributed by atoms with Gasteiger partial charge in [-0.1, -0.05) is 46.5 Å². The van der Waals surface area contributed by atoms with Gasteiger partial charge in [-0.2, -0.15) is 5.11 Å². The molecule has 0 bridgehead atoms. The molecule has 0 aliphatic carbocycles. The molecule has 1 heterocycles. The highest BCUT2D eigenvalue weighted by Crippen LogP contribution is 2.29. The van der Waals surface area contributed by atoms with Crippen molar-refractivity contribution < 1.29 is 18.3 Å². The van der Waals surface area contributed by atoms with Crippen LogP contribution in [-0.4, -0.2) is 30.5 Å². The number of azo groups is 1. The van der Waals surface area contributed by atoms with Gasteiger partial charge >= 0.3 is 0 Å². The highest BCUT2D eigenvalue weighted by molar-refractivity contribution is 7.89. The standard InChI is InChI=1S/C25H37N5O5S/c1-5-8-10-18(7-3)16-30-24(32)21(23(26)31)17(4)22(25(30)33)29-28-19-11-13-20(14-12-19)36(34,35)27-15-9-6-2/h11-14,18,27,32H,5-10,15-16H2,1-4H3,(H2,26,31). The summed E-state index contributed by atoms with van der Waals surface area (Å²) in [5, 5.41) is 18.9. The van der Waals surface area contributed by atoms with Crippen LogP contribution in [0.4, 0.5) is 11.4 Å². The van der Waals surface area contributed by atoms with E-state index in [1.807, 2.05) is 13.8 Å². The molecule has 1 amide bonds. The summed E-state index contributed by atoms with van der Waals surface area (Å²) in [4.78, 5) is 25.4. The highest BCUT2D eigenvalue weighted by Gasteiger charge is 2.24. The van der Waals surface area contributed by atoms with Crippen molar-refractivity contribution >= 4 is 27.3 Å². The smallest absolute Gasteiger partial charge is 0.281 e. The van der Waals surface area contributed by atoms with Crippen molar-refractivity contribution in [3.05, 3.63) is 45.7 Å². The number of amides is 1. The minimum absolute atomic E-state index is 0.0921. The minimum Gasteiger partial charge on any atom is -0.494 e. The van der Waals surface area contributed by atoms with Crippen LogP contribution >= 0.6 is 0 Å². The molecule has 1 aromatic carbocycles. The number of hydrogen-bond acceptors (Lipinski definition) is 7. The van der Waals surface area contributed by atoms with Crippen LogP contribution in [0.3, 0.4) is 0 Å². The number of hydrogen-bond donors (Lipinski definition) is 3. The number of rotatable bonds is 14. The van der Waals surface area contributed by atoms with E-state index in [1.165, 1.54) is 31.2 Å². The lowest BCUT2D eigenvalue weighted by molar-refractivity contribution is 0.0995. The molecule has 0 saturated carbocycles. The first-order valence-electron chi connectivity index (χ1n) is 12.3. The van der Waals surface area contributed by atoms with Gasteiger partial charge in [-0.05, 0) is 49.9 Å². The number of unbranched alkanes of at least 4 members (excludes halogenated alkanes) is 2. The van der Waals surface area contributed by atoms with Crippen LogP contribution in [0, 0.1) is 12.8 Å². The quantitative estimate of drug-likeness (QED) is 0.244. The largest absolute Gasteiger partial charge is 0.494 e. The Morgan fingerprint density at radius 2 is 1.75 bits per heavy atom. The summed E-state index contributed by atoms with van der Waals surface area (Å²) in [5.41, 5.74) is 5.10. The highest BCUT2D eigenvalue weighted by atomic mass is 32.2. The number of sulfonamides is 1. The monoisotopic (exact) mass is 519 g/mol. The molecule has 1 unspecified atom stereocenters. The molecule has 0 saturated heterocycles. The number of nitrogens with zero attached hydrogens (tertiary/aromatic N) is 3. The molecule has 0 fully saturated rings. The van der Waals surface area contributed by atoms with Crippen LogP contribution in [0.5, 0.6) is 5.88 Å². The second-order valence-electron chi connectivity index (χ2n) is 8.81. The Morgan fingerprint density at radius 1 is 1.11 bits per heavy atom. The molecule has 2 aromatic rings. The zero-order valence-electron chi connectivity index (χ0n) is 21.5. The number of nitrogens with one attached hydrogen (secondary N) is 1. The lowest BCUT2D eigenvalue weighted by Crippen LogP contribution is -2.28. The van der Waals surface area contributed by atoms with E-state index in [4.69, 9.17) is 5.73 Å². The predicted octanol–water partition coefficient (Wildman–Crippen LogP) is 4.67. The van der Waals surface area contributed by atoms with Crippen molar-refractivity contribution in [1.82, 2.24) is 9.29 Å². The Kier molecular flexibility index (Phi) is 10.8. The van der Waals surface area contributed by atoms with E-state index in [9.17, 15) is 23.1 Å². The number of nitrogens with two attached hydrogens (primary N) is 1. The van der Waals surface area contributed by atoms with Gasteiger partial charge in [0, 0.05) is 18.7 Å². The SMILES string of the molecule is CCCCNS(=O)(=O)c1ccc(N=Nc2c(C)c(C(N)=O)c(O)n(CC(CC)CCCC)c2=O)cc1. The number of pyridine rings is 1. The van der Waals surface area contributed by atoms with Crippen LogP contribution in [0.1, 0.15) is 75.2 Å². The van der Waals surface area contributed by atoms with E-state index < -0.39 is 27.4 Å². The predicted molar refractivity (Wildman–Crippen MR) is 140 cm³/mol. The molecule has 198 valence electrons. The topological polar surface area (TPSA) is 156 Å². The van der Waals surface area contributed by atoms with Crippen molar-refractivity contribution in [2.75, 3.05) is 6.54 Å². The lowest BCUT2D eigenvalue weighted by atomic mass is 9.98. The molecule has 0 aliphatic rings. The fourth-order valence-corrected chi connectivity index (χ4v) is 4.90. The van der Waals surface area contributed by atoms with Crippen molar-refractivity contribution in [3.63, 3.8) is 0 Å². The molecule has 0 radical (unpaired) electrons. The van der Waals surface area contributed by atoms with Crippen molar-refractivity contribution in [3.8, 4) is 5.88 Å². The molecular formula is C25H37N5O5S. The number of carbonyl (C=O) groups excluding carboxylic acids is 1. The maximum Gasteiger partial charge on any atom is 0.281 e.